The molecule has 2 aliphatic heterocycles. The number of likely N-dealkylation sites (tertiary alicyclic amines) is 2. The van der Waals surface area contributed by atoms with Gasteiger partial charge in [0.2, 0.25) is 5.91 Å². The number of carbonyl (C=O) groups excluding carboxylic acids is 2. The second kappa shape index (κ2) is 7.81. The van der Waals surface area contributed by atoms with Crippen molar-refractivity contribution in [1.82, 2.24) is 24.8 Å². The van der Waals surface area contributed by atoms with E-state index in [0.717, 1.165) is 10.9 Å². The van der Waals surface area contributed by atoms with Gasteiger partial charge in [-0.1, -0.05) is 0 Å². The zero-order valence-electron chi connectivity index (χ0n) is 17.8. The van der Waals surface area contributed by atoms with Crippen molar-refractivity contribution in [2.45, 2.75) is 19.8 Å². The van der Waals surface area contributed by atoms with Crippen LogP contribution in [0.3, 0.4) is 0 Å². The molecule has 2 aliphatic rings. The highest BCUT2D eigenvalue weighted by atomic mass is 16.3. The van der Waals surface area contributed by atoms with E-state index in [1.54, 1.807) is 25.1 Å². The SMILES string of the molecule is Cc1ncc(CCC(=O)N2C[C@@H]3CN(C(=O)c4cc5ccc(O)cc5[nH]4)C[C@@H]3C2)c(=O)[nH]1. The van der Waals surface area contributed by atoms with Gasteiger partial charge in [0.25, 0.3) is 11.5 Å². The third-order valence-corrected chi connectivity index (χ3v) is 6.57. The summed E-state index contributed by atoms with van der Waals surface area (Å²) >= 11 is 0. The molecule has 0 radical (unpaired) electrons. The summed E-state index contributed by atoms with van der Waals surface area (Å²) in [6.07, 6.45) is 2.18. The molecule has 0 unspecified atom stereocenters. The van der Waals surface area contributed by atoms with Crippen molar-refractivity contribution in [3.8, 4) is 5.75 Å². The van der Waals surface area contributed by atoms with Crippen molar-refractivity contribution in [3.63, 3.8) is 0 Å². The summed E-state index contributed by atoms with van der Waals surface area (Å²) in [4.78, 5) is 51.2. The summed E-state index contributed by atoms with van der Waals surface area (Å²) in [5.74, 6) is 1.22. The van der Waals surface area contributed by atoms with E-state index in [4.69, 9.17) is 0 Å². The van der Waals surface area contributed by atoms with Gasteiger partial charge >= 0.3 is 0 Å². The zero-order valence-corrected chi connectivity index (χ0v) is 17.8. The Hall–Kier alpha value is -3.62. The molecule has 2 fully saturated rings. The van der Waals surface area contributed by atoms with E-state index in [-0.39, 0.29) is 41.4 Å². The molecule has 5 rings (SSSR count). The Morgan fingerprint density at radius 2 is 1.81 bits per heavy atom. The molecule has 0 saturated carbocycles. The topological polar surface area (TPSA) is 122 Å². The summed E-state index contributed by atoms with van der Waals surface area (Å²) in [7, 11) is 0. The predicted octanol–water partition coefficient (Wildman–Crippen LogP) is 1.43. The number of phenolic OH excluding ortho intramolecular Hbond substituents is 1. The quantitative estimate of drug-likeness (QED) is 0.572. The highest BCUT2D eigenvalue weighted by Gasteiger charge is 2.43. The van der Waals surface area contributed by atoms with Crippen molar-refractivity contribution in [2.24, 2.45) is 11.8 Å². The maximum absolute atomic E-state index is 13.0. The first-order valence-electron chi connectivity index (χ1n) is 10.8. The van der Waals surface area contributed by atoms with E-state index in [2.05, 4.69) is 15.0 Å². The highest BCUT2D eigenvalue weighted by Crippen LogP contribution is 2.32. The zero-order chi connectivity index (χ0) is 22.4. The number of carbonyl (C=O) groups is 2. The standard InChI is InChI=1S/C23H25N5O4/c1-13-24-8-15(22(31)25-13)3-5-21(30)27-9-16-11-28(12-17(16)10-27)23(32)20-6-14-2-4-18(29)7-19(14)26-20/h2,4,6-8,16-17,26,29H,3,5,9-12H2,1H3,(H,24,25,31)/t16-,17+. The van der Waals surface area contributed by atoms with Gasteiger partial charge in [-0.05, 0) is 31.5 Å². The summed E-state index contributed by atoms with van der Waals surface area (Å²) in [6.45, 7) is 4.23. The molecule has 4 heterocycles. The molecule has 9 nitrogen and oxygen atoms in total. The van der Waals surface area contributed by atoms with Crippen LogP contribution in [0, 0.1) is 18.8 Å². The van der Waals surface area contributed by atoms with Crippen LogP contribution >= 0.6 is 0 Å². The molecule has 0 bridgehead atoms. The fraction of sp³-hybridized carbons (Fsp3) is 0.391. The van der Waals surface area contributed by atoms with Gasteiger partial charge in [-0.2, -0.15) is 0 Å². The van der Waals surface area contributed by atoms with Crippen LogP contribution in [0.5, 0.6) is 5.75 Å². The lowest BCUT2D eigenvalue weighted by Crippen LogP contribution is -2.36. The number of hydrogen-bond donors (Lipinski definition) is 3. The normalized spacial score (nSPS) is 20.2. The second-order valence-electron chi connectivity index (χ2n) is 8.81. The fourth-order valence-electron chi connectivity index (χ4n) is 4.85. The van der Waals surface area contributed by atoms with Crippen LogP contribution < -0.4 is 5.56 Å². The van der Waals surface area contributed by atoms with Gasteiger partial charge in [0.1, 0.15) is 17.3 Å². The second-order valence-corrected chi connectivity index (χ2v) is 8.81. The number of amides is 2. The van der Waals surface area contributed by atoms with E-state index in [1.807, 2.05) is 15.9 Å². The van der Waals surface area contributed by atoms with Crippen molar-refractivity contribution < 1.29 is 14.7 Å². The number of fused-ring (bicyclic) bond motifs is 2. The minimum absolute atomic E-state index is 0.0349. The maximum atomic E-state index is 13.0. The lowest BCUT2D eigenvalue weighted by atomic mass is 10.0. The third kappa shape index (κ3) is 3.74. The number of hydrogen-bond acceptors (Lipinski definition) is 5. The minimum atomic E-state index is -0.190. The van der Waals surface area contributed by atoms with Crippen molar-refractivity contribution >= 4 is 22.7 Å². The summed E-state index contributed by atoms with van der Waals surface area (Å²) in [5.41, 5.74) is 1.57. The Bertz CT molecular complexity index is 1250. The third-order valence-electron chi connectivity index (χ3n) is 6.57. The van der Waals surface area contributed by atoms with Crippen LogP contribution in [-0.2, 0) is 11.2 Å². The van der Waals surface area contributed by atoms with E-state index in [0.29, 0.717) is 49.7 Å². The molecule has 3 N–H and O–H groups in total. The number of aryl methyl sites for hydroxylation is 2. The first-order valence-corrected chi connectivity index (χ1v) is 10.8. The molecule has 0 spiro atoms. The molecule has 1 aromatic carbocycles. The van der Waals surface area contributed by atoms with Crippen LogP contribution in [0.15, 0.2) is 35.3 Å². The first kappa shape index (κ1) is 20.3. The molecule has 32 heavy (non-hydrogen) atoms. The Morgan fingerprint density at radius 1 is 1.09 bits per heavy atom. The lowest BCUT2D eigenvalue weighted by Gasteiger charge is -2.21. The van der Waals surface area contributed by atoms with Crippen molar-refractivity contribution in [1.29, 1.82) is 0 Å². The van der Waals surface area contributed by atoms with E-state index < -0.39 is 0 Å². The number of aromatic amines is 2. The van der Waals surface area contributed by atoms with Gasteiger partial charge in [-0.3, -0.25) is 14.4 Å². The summed E-state index contributed by atoms with van der Waals surface area (Å²) < 4.78 is 0. The molecule has 166 valence electrons. The smallest absolute Gasteiger partial charge is 0.270 e. The number of aromatic hydroxyl groups is 1. The fourth-order valence-corrected chi connectivity index (χ4v) is 4.85. The molecule has 2 saturated heterocycles. The molecule has 0 aliphatic carbocycles. The average molecular weight is 435 g/mol. The Balaban J connectivity index is 1.17. The number of aromatic nitrogens is 3. The van der Waals surface area contributed by atoms with Gasteiger partial charge in [0.05, 0.1) is 0 Å². The largest absolute Gasteiger partial charge is 0.508 e. The van der Waals surface area contributed by atoms with Gasteiger partial charge in [-0.15, -0.1) is 0 Å². The molecule has 2 aromatic heterocycles. The van der Waals surface area contributed by atoms with Gasteiger partial charge in [-0.25, -0.2) is 4.98 Å². The first-order chi connectivity index (χ1) is 15.4. The van der Waals surface area contributed by atoms with Crippen LogP contribution in [0.25, 0.3) is 10.9 Å². The minimum Gasteiger partial charge on any atom is -0.508 e. The highest BCUT2D eigenvalue weighted by molar-refractivity contribution is 5.98. The van der Waals surface area contributed by atoms with Gasteiger partial charge in [0.15, 0.2) is 0 Å². The van der Waals surface area contributed by atoms with Gasteiger partial charge < -0.3 is 24.9 Å². The molecular formula is C23H25N5O4. The molecule has 2 amide bonds. The monoisotopic (exact) mass is 435 g/mol. The van der Waals surface area contributed by atoms with Crippen LogP contribution in [0.4, 0.5) is 0 Å². The van der Waals surface area contributed by atoms with Gasteiger partial charge in [0, 0.05) is 73.2 Å². The Kier molecular flexibility index (Phi) is 4.96. The Labute approximate surface area is 184 Å². The van der Waals surface area contributed by atoms with Crippen molar-refractivity contribution in [3.05, 3.63) is 57.9 Å². The molecular weight excluding hydrogens is 410 g/mol. The van der Waals surface area contributed by atoms with Crippen LogP contribution in [0.2, 0.25) is 0 Å². The van der Waals surface area contributed by atoms with E-state index >= 15 is 0 Å². The predicted molar refractivity (Wildman–Crippen MR) is 117 cm³/mol. The number of nitrogens with zero attached hydrogens (tertiary/aromatic N) is 3. The number of nitrogens with one attached hydrogen (secondary N) is 2. The number of benzene rings is 1. The number of H-pyrrole nitrogens is 2. The lowest BCUT2D eigenvalue weighted by molar-refractivity contribution is -0.130. The van der Waals surface area contributed by atoms with Crippen LogP contribution in [0.1, 0.15) is 28.3 Å². The van der Waals surface area contributed by atoms with Crippen LogP contribution in [-0.4, -0.2) is 67.9 Å². The average Bonchev–Trinajstić information content (AvgIpc) is 3.45. The number of rotatable bonds is 4. The summed E-state index contributed by atoms with van der Waals surface area (Å²) in [5, 5.41) is 10.5. The summed E-state index contributed by atoms with van der Waals surface area (Å²) in [6, 6.07) is 6.79. The number of phenols is 1. The molecule has 9 heteroatoms. The van der Waals surface area contributed by atoms with Crippen molar-refractivity contribution in [2.75, 3.05) is 26.2 Å². The van der Waals surface area contributed by atoms with E-state index in [9.17, 15) is 19.5 Å². The maximum Gasteiger partial charge on any atom is 0.270 e. The Morgan fingerprint density at radius 3 is 2.53 bits per heavy atom. The molecule has 2 atom stereocenters. The molecule has 3 aromatic rings. The van der Waals surface area contributed by atoms with E-state index in [1.165, 1.54) is 6.20 Å².